The molecule has 15 heteroatoms. The minimum absolute atomic E-state index is 0.00847. The standard InChI is InChI=1S/C34H42S4.C34H40S4.C12H20S.C10H4O2S2.6CH3.2Sn/c2*1-5-9-11-23(7-3)21-25-13-15-29(37-25)31-27-17-19-36-34(27)32(28-18-20-35-33(28)31)30-16-14-26(38-30)22-24(8-4)12-10-6-2;1-3-5-7-11(4-2)10-12-8-6-9-13-12;11-7-5-1-3-13-9(5)8(12)6-2-4-14-10(6)7;;;;;;;;/h13-20,23-24H,5-12,21-22H2,1-4H3;13-18,23-24H,5-12,21-22H2,1-4H3;6,8-9,11H,3-5,7,10H2,1-2H3;1-4H;6*1H3;;. The average Bonchev–Trinajstić information content (AvgIpc) is 1.57. The van der Waals surface area contributed by atoms with Gasteiger partial charge in [-0.25, -0.2) is 0 Å². The first-order valence-corrected chi connectivity index (χ1v) is 71.5. The summed E-state index contributed by atoms with van der Waals surface area (Å²) >= 11 is 16.4. The van der Waals surface area contributed by atoms with Crippen molar-refractivity contribution in [3.63, 3.8) is 0 Å². The van der Waals surface area contributed by atoms with E-state index in [-0.39, 0.29) is 11.6 Å². The third kappa shape index (κ3) is 22.4. The van der Waals surface area contributed by atoms with Crippen LogP contribution < -0.4 is 5.79 Å². The molecule has 0 saturated carbocycles. The maximum absolute atomic E-state index is 11.8. The fraction of sp³-hybridized carbons (Fsp3) is 0.479. The summed E-state index contributed by atoms with van der Waals surface area (Å²) in [4.78, 5) is 54.2. The number of rotatable bonds is 36. The van der Waals surface area contributed by atoms with E-state index in [4.69, 9.17) is 0 Å². The van der Waals surface area contributed by atoms with Gasteiger partial charge in [0.2, 0.25) is 11.6 Å². The van der Waals surface area contributed by atoms with Gasteiger partial charge in [0.15, 0.2) is 0 Å². The second kappa shape index (κ2) is 42.7. The van der Waals surface area contributed by atoms with Crippen molar-refractivity contribution in [3.05, 3.63) is 169 Å². The van der Waals surface area contributed by atoms with E-state index in [1.54, 1.807) is 84.4 Å². The van der Waals surface area contributed by atoms with Gasteiger partial charge in [-0.2, -0.15) is 0 Å². The monoisotopic (exact) mass is 1900 g/mol. The molecule has 2 aromatic carbocycles. The minimum Gasteiger partial charge on any atom is -0.288 e. The SMILES string of the molecule is CCCCC(CC)Cc1ccc(-c2c3c[c]([Sn]([CH3])([CH3])[CH3])sc3c(-c3ccc(CC(CC)CCCC)s3)c3c[c]([Sn]([CH3])([CH3])[CH3])sc23)s1.CCCCC(CC)Cc1ccc(-c2c3ccsc3c(-c3ccc(CC(CC)CCCC)s3)c3ccsc23)s1.CCCCC(CC)Cc1cccs1.O=C1c2ccsc2C(=O)c2ccsc21. The molecule has 0 radical (unpaired) electrons. The maximum atomic E-state index is 11.8. The summed E-state index contributed by atoms with van der Waals surface area (Å²) in [7, 11) is 0. The Morgan fingerprint density at radius 2 is 0.595 bits per heavy atom. The molecule has 0 N–H and O–H groups in total. The van der Waals surface area contributed by atoms with E-state index in [9.17, 15) is 9.59 Å². The number of ketones is 2. The molecule has 0 saturated heterocycles. The van der Waals surface area contributed by atoms with E-state index < -0.39 is 36.8 Å². The molecule has 111 heavy (non-hydrogen) atoms. The number of thiophene rings is 11. The Hall–Kier alpha value is -2.88. The van der Waals surface area contributed by atoms with Gasteiger partial charge < -0.3 is 0 Å². The van der Waals surface area contributed by atoms with Crippen LogP contribution in [0.2, 0.25) is 29.6 Å². The zero-order chi connectivity index (χ0) is 78.9. The van der Waals surface area contributed by atoms with Gasteiger partial charge in [0.05, 0.1) is 9.75 Å². The first-order valence-electron chi connectivity index (χ1n) is 42.3. The number of hydrogen-bond acceptors (Lipinski definition) is 13. The van der Waals surface area contributed by atoms with Crippen LogP contribution in [0.5, 0.6) is 0 Å². The predicted molar refractivity (Wildman–Crippen MR) is 519 cm³/mol. The van der Waals surface area contributed by atoms with E-state index in [1.165, 1.54) is 234 Å². The molecular formula is C96H124O2S11Sn2. The molecule has 594 valence electrons. The van der Waals surface area contributed by atoms with Crippen LogP contribution >= 0.6 is 125 Å². The zero-order valence-electron chi connectivity index (χ0n) is 69.5. The molecule has 0 amide bonds. The van der Waals surface area contributed by atoms with Crippen LogP contribution in [0.15, 0.2) is 124 Å². The van der Waals surface area contributed by atoms with Gasteiger partial charge in [-0.1, -0.05) is 139 Å². The van der Waals surface area contributed by atoms with Crippen LogP contribution in [-0.4, -0.2) is 48.3 Å². The molecule has 14 rings (SSSR count). The predicted octanol–water partition coefficient (Wildman–Crippen LogP) is 34.4. The Balaban J connectivity index is 0.000000166. The van der Waals surface area contributed by atoms with Gasteiger partial charge in [-0.15, -0.1) is 79.4 Å². The molecule has 1 aliphatic rings. The molecule has 0 aliphatic heterocycles. The Morgan fingerprint density at radius 1 is 0.297 bits per heavy atom. The molecule has 0 spiro atoms. The van der Waals surface area contributed by atoms with Crippen LogP contribution in [0.4, 0.5) is 0 Å². The van der Waals surface area contributed by atoms with Crippen molar-refractivity contribution in [2.45, 2.75) is 259 Å². The number of carbonyl (C=O) groups is 2. The number of fused-ring (bicyclic) bond motifs is 6. The van der Waals surface area contributed by atoms with E-state index >= 15 is 0 Å². The van der Waals surface area contributed by atoms with Crippen molar-refractivity contribution in [3.8, 4) is 41.8 Å². The van der Waals surface area contributed by atoms with Crippen molar-refractivity contribution < 1.29 is 9.59 Å². The van der Waals surface area contributed by atoms with Gasteiger partial charge in [-0.05, 0) is 119 Å². The molecule has 11 aromatic heterocycles. The van der Waals surface area contributed by atoms with Crippen LogP contribution in [0.25, 0.3) is 82.1 Å². The van der Waals surface area contributed by atoms with Gasteiger partial charge >= 0.3 is 295 Å². The van der Waals surface area contributed by atoms with Crippen LogP contribution in [0, 0.1) is 29.6 Å². The quantitative estimate of drug-likeness (QED) is 0.0367. The van der Waals surface area contributed by atoms with E-state index in [2.05, 4.69) is 245 Å². The fourth-order valence-corrected chi connectivity index (χ4v) is 38.1. The summed E-state index contributed by atoms with van der Waals surface area (Å²) in [5, 5.41) is 16.3. The smallest absolute Gasteiger partial charge is 0.205 e. The number of unbranched alkanes of at least 4 members (excludes halogenated alkanes) is 5. The van der Waals surface area contributed by atoms with Crippen molar-refractivity contribution in [1.29, 1.82) is 0 Å². The van der Waals surface area contributed by atoms with Crippen LogP contribution in [-0.2, 0) is 32.1 Å². The number of hydrogen-bond donors (Lipinski definition) is 0. The summed E-state index contributed by atoms with van der Waals surface area (Å²) in [6.45, 7) is 23.4. The third-order valence-electron chi connectivity index (χ3n) is 22.9. The number of benzene rings is 2. The number of carbonyl (C=O) groups excluding carboxylic acids is 2. The van der Waals surface area contributed by atoms with E-state index in [1.807, 2.05) is 56.7 Å². The van der Waals surface area contributed by atoms with Gasteiger partial charge in [-0.3, -0.25) is 9.59 Å². The average molecular weight is 1900 g/mol. The van der Waals surface area contributed by atoms with Crippen molar-refractivity contribution in [2.75, 3.05) is 0 Å². The molecule has 11 heterocycles. The summed E-state index contributed by atoms with van der Waals surface area (Å²) in [5.41, 5.74) is 7.17. The van der Waals surface area contributed by atoms with E-state index in [0.717, 1.165) is 29.6 Å². The summed E-state index contributed by atoms with van der Waals surface area (Å²) in [5.74, 6) is 4.14. The largest absolute Gasteiger partial charge is 0.288 e. The first-order chi connectivity index (χ1) is 53.7. The molecule has 1 aliphatic carbocycles. The maximum Gasteiger partial charge on any atom is 0.205 e. The van der Waals surface area contributed by atoms with Crippen LogP contribution in [0.3, 0.4) is 0 Å². The molecule has 13 aromatic rings. The van der Waals surface area contributed by atoms with Crippen molar-refractivity contribution >= 4 is 219 Å². The van der Waals surface area contributed by atoms with Crippen LogP contribution in [0.1, 0.15) is 253 Å². The fourth-order valence-electron chi connectivity index (χ4n) is 15.8. The normalized spacial score (nSPS) is 13.8. The van der Waals surface area contributed by atoms with Crippen molar-refractivity contribution in [2.24, 2.45) is 29.6 Å². The van der Waals surface area contributed by atoms with Gasteiger partial charge in [0.25, 0.3) is 0 Å². The second-order valence-corrected chi connectivity index (χ2v) is 75.6. The topological polar surface area (TPSA) is 34.1 Å². The molecule has 2 nitrogen and oxygen atoms in total. The second-order valence-electron chi connectivity index (χ2n) is 33.3. The molecule has 0 fully saturated rings. The molecular weight excluding hydrogens is 1780 g/mol. The molecule has 5 atom stereocenters. The Morgan fingerprint density at radius 3 is 0.874 bits per heavy atom. The summed E-state index contributed by atoms with van der Waals surface area (Å²) in [6.07, 6.45) is 32.9. The Bertz CT molecular complexity index is 4610. The van der Waals surface area contributed by atoms with Gasteiger partial charge in [0, 0.05) is 66.8 Å². The summed E-state index contributed by atoms with van der Waals surface area (Å²) < 4.78 is 9.47. The minimum atomic E-state index is -2.32. The molecule has 0 bridgehead atoms. The van der Waals surface area contributed by atoms with Crippen molar-refractivity contribution in [1.82, 2.24) is 0 Å². The third-order valence-corrected chi connectivity index (χ3v) is 53.1. The Labute approximate surface area is 720 Å². The zero-order valence-corrected chi connectivity index (χ0v) is 84.2. The van der Waals surface area contributed by atoms with Gasteiger partial charge in [0.1, 0.15) is 0 Å². The van der Waals surface area contributed by atoms with E-state index in [0.29, 0.717) is 20.9 Å². The first kappa shape index (κ1) is 88.9. The Kier molecular flexibility index (Phi) is 34.2. The summed E-state index contributed by atoms with van der Waals surface area (Å²) in [6, 6.07) is 37.5. The molecule has 5 unspecified atom stereocenters.